The zero-order valence-electron chi connectivity index (χ0n) is 15.5. The third-order valence-corrected chi connectivity index (χ3v) is 6.39. The fourth-order valence-corrected chi connectivity index (χ4v) is 4.96. The molecule has 0 aromatic heterocycles. The van der Waals surface area contributed by atoms with E-state index in [1.165, 1.54) is 0 Å². The van der Waals surface area contributed by atoms with Crippen molar-refractivity contribution >= 4 is 15.9 Å². The maximum atomic E-state index is 12.6. The number of nitrogens with one attached hydrogen (secondary N) is 3. The monoisotopic (exact) mass is 367 g/mol. The fourth-order valence-electron chi connectivity index (χ4n) is 3.48. The lowest BCUT2D eigenvalue weighted by Gasteiger charge is -2.30. The van der Waals surface area contributed by atoms with Crippen LogP contribution in [0.1, 0.15) is 42.9 Å². The van der Waals surface area contributed by atoms with Gasteiger partial charge in [0.05, 0.1) is 4.90 Å². The van der Waals surface area contributed by atoms with Gasteiger partial charge in [-0.05, 0) is 58.2 Å². The van der Waals surface area contributed by atoms with Crippen LogP contribution in [0.4, 0.5) is 0 Å². The number of aryl methyl sites for hydroxylation is 3. The van der Waals surface area contributed by atoms with E-state index in [9.17, 15) is 13.2 Å². The van der Waals surface area contributed by atoms with Crippen LogP contribution in [-0.2, 0) is 14.8 Å². The second-order valence-electron chi connectivity index (χ2n) is 6.93. The van der Waals surface area contributed by atoms with Gasteiger partial charge in [0.25, 0.3) is 0 Å². The smallest absolute Gasteiger partial charge is 0.241 e. The summed E-state index contributed by atoms with van der Waals surface area (Å²) in [7, 11) is -3.62. The molecule has 1 saturated heterocycles. The van der Waals surface area contributed by atoms with Crippen LogP contribution in [0.3, 0.4) is 0 Å². The van der Waals surface area contributed by atoms with Crippen molar-refractivity contribution < 1.29 is 13.2 Å². The van der Waals surface area contributed by atoms with E-state index in [2.05, 4.69) is 22.3 Å². The Bertz CT molecular complexity index is 708. The van der Waals surface area contributed by atoms with Crippen molar-refractivity contribution in [2.24, 2.45) is 0 Å². The first-order chi connectivity index (χ1) is 11.7. The van der Waals surface area contributed by atoms with Crippen LogP contribution >= 0.6 is 0 Å². The maximum absolute atomic E-state index is 12.6. The van der Waals surface area contributed by atoms with Gasteiger partial charge in [-0.3, -0.25) is 4.79 Å². The zero-order chi connectivity index (χ0) is 18.6. The van der Waals surface area contributed by atoms with E-state index in [-0.39, 0.29) is 31.0 Å². The molecule has 3 N–H and O–H groups in total. The summed E-state index contributed by atoms with van der Waals surface area (Å²) in [4.78, 5) is 12.4. The molecule has 0 spiro atoms. The van der Waals surface area contributed by atoms with Crippen LogP contribution < -0.4 is 15.4 Å². The van der Waals surface area contributed by atoms with Crippen LogP contribution in [0.25, 0.3) is 0 Å². The van der Waals surface area contributed by atoms with Crippen molar-refractivity contribution in [3.63, 3.8) is 0 Å². The molecule has 0 saturated carbocycles. The Morgan fingerprint density at radius 2 is 1.88 bits per heavy atom. The SMILES string of the molecule is Cc1cc(C)c(S(=O)(=O)NCCC(=O)NC2CCCNC2C)c(C)c1. The number of hydrogen-bond donors (Lipinski definition) is 3. The van der Waals surface area contributed by atoms with E-state index in [1.807, 2.05) is 19.1 Å². The van der Waals surface area contributed by atoms with Crippen molar-refractivity contribution in [3.8, 4) is 0 Å². The van der Waals surface area contributed by atoms with E-state index >= 15 is 0 Å². The predicted molar refractivity (Wildman–Crippen MR) is 99.1 cm³/mol. The predicted octanol–water partition coefficient (Wildman–Crippen LogP) is 1.54. The second kappa shape index (κ2) is 8.29. The van der Waals surface area contributed by atoms with Crippen LogP contribution in [0.2, 0.25) is 0 Å². The molecule has 1 aliphatic rings. The molecule has 6 nitrogen and oxygen atoms in total. The number of sulfonamides is 1. The summed E-state index contributed by atoms with van der Waals surface area (Å²) in [6.45, 7) is 8.64. The quantitative estimate of drug-likeness (QED) is 0.712. The molecule has 2 atom stereocenters. The zero-order valence-corrected chi connectivity index (χ0v) is 16.3. The van der Waals surface area contributed by atoms with Crippen LogP contribution in [-0.4, -0.2) is 39.5 Å². The van der Waals surface area contributed by atoms with Gasteiger partial charge in [0.15, 0.2) is 0 Å². The van der Waals surface area contributed by atoms with Crippen molar-refractivity contribution in [3.05, 3.63) is 28.8 Å². The van der Waals surface area contributed by atoms with Gasteiger partial charge in [-0.2, -0.15) is 0 Å². The molecule has 1 amide bonds. The normalized spacial score (nSPS) is 21.1. The first kappa shape index (κ1) is 19.9. The minimum atomic E-state index is -3.62. The second-order valence-corrected chi connectivity index (χ2v) is 8.64. The van der Waals surface area contributed by atoms with Crippen LogP contribution in [0.5, 0.6) is 0 Å². The Kier molecular flexibility index (Phi) is 6.59. The summed E-state index contributed by atoms with van der Waals surface area (Å²) in [5, 5.41) is 6.32. The molecule has 1 aliphatic heterocycles. The number of amides is 1. The topological polar surface area (TPSA) is 87.3 Å². The van der Waals surface area contributed by atoms with E-state index in [1.54, 1.807) is 13.8 Å². The average molecular weight is 368 g/mol. The van der Waals surface area contributed by atoms with Gasteiger partial charge in [-0.15, -0.1) is 0 Å². The molecule has 1 fully saturated rings. The molecule has 0 aliphatic carbocycles. The van der Waals surface area contributed by atoms with E-state index in [0.717, 1.165) is 36.1 Å². The molecule has 1 aromatic carbocycles. The molecule has 7 heteroatoms. The van der Waals surface area contributed by atoms with Gasteiger partial charge >= 0.3 is 0 Å². The Balaban J connectivity index is 1.91. The summed E-state index contributed by atoms with van der Waals surface area (Å²) in [6, 6.07) is 4.06. The summed E-state index contributed by atoms with van der Waals surface area (Å²) < 4.78 is 27.7. The molecule has 2 unspecified atom stereocenters. The van der Waals surface area contributed by atoms with Gasteiger partial charge in [-0.25, -0.2) is 13.1 Å². The molecule has 25 heavy (non-hydrogen) atoms. The number of hydrogen-bond acceptors (Lipinski definition) is 4. The van der Waals surface area contributed by atoms with Gasteiger partial charge in [0.2, 0.25) is 15.9 Å². The molecular weight excluding hydrogens is 338 g/mol. The molecule has 2 rings (SSSR count). The Labute approximate surface area is 150 Å². The van der Waals surface area contributed by atoms with Gasteiger partial charge in [-0.1, -0.05) is 17.7 Å². The van der Waals surface area contributed by atoms with Crippen molar-refractivity contribution in [1.29, 1.82) is 0 Å². The summed E-state index contributed by atoms with van der Waals surface area (Å²) in [5.74, 6) is -0.124. The number of piperidine rings is 1. The van der Waals surface area contributed by atoms with Gasteiger partial charge < -0.3 is 10.6 Å². The largest absolute Gasteiger partial charge is 0.352 e. The highest BCUT2D eigenvalue weighted by atomic mass is 32.2. The van der Waals surface area contributed by atoms with Crippen LogP contribution in [0, 0.1) is 20.8 Å². The van der Waals surface area contributed by atoms with Gasteiger partial charge in [0.1, 0.15) is 0 Å². The molecular formula is C18H29N3O3S. The third kappa shape index (κ3) is 5.26. The Morgan fingerprint density at radius 3 is 2.48 bits per heavy atom. The summed E-state index contributed by atoms with van der Waals surface area (Å²) in [5.41, 5.74) is 2.47. The highest BCUT2D eigenvalue weighted by molar-refractivity contribution is 7.89. The number of rotatable bonds is 6. The standard InChI is InChI=1S/C18H29N3O3S/c1-12-10-13(2)18(14(3)11-12)25(23,24)20-9-7-17(22)21-16-6-5-8-19-15(16)4/h10-11,15-16,19-20H,5-9H2,1-4H3,(H,21,22). The number of benzene rings is 1. The lowest BCUT2D eigenvalue weighted by molar-refractivity contribution is -0.122. The lowest BCUT2D eigenvalue weighted by atomic mass is 10.00. The lowest BCUT2D eigenvalue weighted by Crippen LogP contribution is -2.52. The van der Waals surface area contributed by atoms with E-state index in [4.69, 9.17) is 0 Å². The first-order valence-corrected chi connectivity index (χ1v) is 10.3. The maximum Gasteiger partial charge on any atom is 0.241 e. The van der Waals surface area contributed by atoms with Crippen molar-refractivity contribution in [1.82, 2.24) is 15.4 Å². The minimum Gasteiger partial charge on any atom is -0.352 e. The molecule has 1 heterocycles. The molecule has 0 radical (unpaired) electrons. The number of carbonyl (C=O) groups excluding carboxylic acids is 1. The fraction of sp³-hybridized carbons (Fsp3) is 0.611. The Morgan fingerprint density at radius 1 is 1.24 bits per heavy atom. The third-order valence-electron chi connectivity index (χ3n) is 4.63. The highest BCUT2D eigenvalue weighted by Gasteiger charge is 2.23. The molecule has 140 valence electrons. The number of carbonyl (C=O) groups is 1. The van der Waals surface area contributed by atoms with Crippen molar-refractivity contribution in [2.75, 3.05) is 13.1 Å². The van der Waals surface area contributed by atoms with E-state index < -0.39 is 10.0 Å². The molecule has 1 aromatic rings. The molecule has 0 bridgehead atoms. The highest BCUT2D eigenvalue weighted by Crippen LogP contribution is 2.21. The Hall–Kier alpha value is -1.44. The minimum absolute atomic E-state index is 0.0927. The summed E-state index contributed by atoms with van der Waals surface area (Å²) in [6.07, 6.45) is 2.12. The van der Waals surface area contributed by atoms with Gasteiger partial charge in [0, 0.05) is 25.0 Å². The average Bonchev–Trinajstić information content (AvgIpc) is 2.48. The first-order valence-electron chi connectivity index (χ1n) is 8.81. The van der Waals surface area contributed by atoms with Crippen LogP contribution in [0.15, 0.2) is 17.0 Å². The van der Waals surface area contributed by atoms with Crippen molar-refractivity contribution in [2.45, 2.75) is 63.9 Å². The van der Waals surface area contributed by atoms with E-state index in [0.29, 0.717) is 4.90 Å². The summed E-state index contributed by atoms with van der Waals surface area (Å²) >= 11 is 0.